The quantitative estimate of drug-likeness (QED) is 0.864. The average Bonchev–Trinajstić information content (AvgIpc) is 2.85. The van der Waals surface area contributed by atoms with Crippen LogP contribution in [0.15, 0.2) is 24.3 Å². The van der Waals surface area contributed by atoms with Crippen molar-refractivity contribution in [2.45, 2.75) is 38.8 Å². The van der Waals surface area contributed by atoms with Crippen molar-refractivity contribution in [1.29, 1.82) is 0 Å². The highest BCUT2D eigenvalue weighted by Gasteiger charge is 2.22. The smallest absolute Gasteiger partial charge is 0.310 e. The molecule has 1 fully saturated rings. The number of nitrogens with zero attached hydrogens (tertiary/aromatic N) is 1. The van der Waals surface area contributed by atoms with Crippen molar-refractivity contribution in [2.24, 2.45) is 0 Å². The Hall–Kier alpha value is -1.88. The highest BCUT2D eigenvalue weighted by atomic mass is 16.4. The van der Waals surface area contributed by atoms with Crippen LogP contribution in [0.5, 0.6) is 0 Å². The van der Waals surface area contributed by atoms with Gasteiger partial charge in [-0.2, -0.15) is 0 Å². The zero-order valence-electron chi connectivity index (χ0n) is 12.5. The fourth-order valence-electron chi connectivity index (χ4n) is 2.69. The highest BCUT2D eigenvalue weighted by molar-refractivity contribution is 5.75. The van der Waals surface area contributed by atoms with E-state index in [0.717, 1.165) is 31.6 Å². The van der Waals surface area contributed by atoms with E-state index in [-0.39, 0.29) is 11.9 Å². The molecule has 1 aromatic carbocycles. The number of nitrogens with one attached hydrogen (secondary N) is 1. The molecular formula is C16H22N2O3. The molecule has 0 spiro atoms. The summed E-state index contributed by atoms with van der Waals surface area (Å²) in [5.74, 6) is -1.26. The fraction of sp³-hybridized carbons (Fsp3) is 0.500. The first-order valence-corrected chi connectivity index (χ1v) is 7.27. The predicted octanol–water partition coefficient (Wildman–Crippen LogP) is 1.59. The Morgan fingerprint density at radius 1 is 1.38 bits per heavy atom. The van der Waals surface area contributed by atoms with E-state index in [2.05, 4.69) is 10.2 Å². The molecule has 0 radical (unpaired) electrons. The second-order valence-corrected chi connectivity index (χ2v) is 5.72. The van der Waals surface area contributed by atoms with Gasteiger partial charge < -0.3 is 10.4 Å². The van der Waals surface area contributed by atoms with Crippen LogP contribution in [0.3, 0.4) is 0 Å². The summed E-state index contributed by atoms with van der Waals surface area (Å²) in [5.41, 5.74) is 1.99. The van der Waals surface area contributed by atoms with Gasteiger partial charge in [0.05, 0.1) is 5.92 Å². The Morgan fingerprint density at radius 2 is 2.05 bits per heavy atom. The van der Waals surface area contributed by atoms with Crippen LogP contribution in [0.4, 0.5) is 0 Å². The fourth-order valence-corrected chi connectivity index (χ4v) is 2.69. The zero-order valence-corrected chi connectivity index (χ0v) is 12.5. The first kappa shape index (κ1) is 15.5. The van der Waals surface area contributed by atoms with Gasteiger partial charge in [0.1, 0.15) is 0 Å². The Labute approximate surface area is 125 Å². The molecule has 1 heterocycles. The third kappa shape index (κ3) is 4.29. The molecule has 1 aliphatic heterocycles. The van der Waals surface area contributed by atoms with Crippen molar-refractivity contribution >= 4 is 11.9 Å². The molecule has 2 atom stereocenters. The van der Waals surface area contributed by atoms with Crippen molar-refractivity contribution < 1.29 is 14.7 Å². The van der Waals surface area contributed by atoms with Crippen LogP contribution in [0.2, 0.25) is 0 Å². The Morgan fingerprint density at radius 3 is 2.62 bits per heavy atom. The summed E-state index contributed by atoms with van der Waals surface area (Å²) >= 11 is 0. The van der Waals surface area contributed by atoms with E-state index in [4.69, 9.17) is 5.11 Å². The van der Waals surface area contributed by atoms with Gasteiger partial charge in [0.2, 0.25) is 5.91 Å². The minimum Gasteiger partial charge on any atom is -0.481 e. The molecule has 0 aliphatic carbocycles. The summed E-state index contributed by atoms with van der Waals surface area (Å²) in [5, 5.41) is 11.9. The molecule has 5 heteroatoms. The van der Waals surface area contributed by atoms with Crippen molar-refractivity contribution in [1.82, 2.24) is 10.2 Å². The monoisotopic (exact) mass is 290 g/mol. The van der Waals surface area contributed by atoms with Crippen LogP contribution in [-0.4, -0.2) is 41.0 Å². The number of carbonyl (C=O) groups excluding carboxylic acids is 1. The number of aliphatic carboxylic acids is 1. The van der Waals surface area contributed by atoms with Gasteiger partial charge in [-0.15, -0.1) is 0 Å². The minimum absolute atomic E-state index is 0.0221. The lowest BCUT2D eigenvalue weighted by Gasteiger charge is -2.17. The number of hydrogen-bond acceptors (Lipinski definition) is 3. The Bertz CT molecular complexity index is 513. The molecule has 2 unspecified atom stereocenters. The first-order chi connectivity index (χ1) is 9.95. The maximum absolute atomic E-state index is 11.0. The molecule has 2 N–H and O–H groups in total. The molecule has 1 amide bonds. The van der Waals surface area contributed by atoms with Crippen molar-refractivity contribution in [3.63, 3.8) is 0 Å². The summed E-state index contributed by atoms with van der Waals surface area (Å²) in [6.45, 7) is 5.91. The van der Waals surface area contributed by atoms with Crippen molar-refractivity contribution in [2.75, 3.05) is 13.1 Å². The topological polar surface area (TPSA) is 69.6 Å². The van der Waals surface area contributed by atoms with Gasteiger partial charge in [-0.25, -0.2) is 0 Å². The molecule has 1 aliphatic rings. The van der Waals surface area contributed by atoms with Gasteiger partial charge in [-0.1, -0.05) is 24.3 Å². The maximum atomic E-state index is 11.0. The van der Waals surface area contributed by atoms with Gasteiger partial charge in [0, 0.05) is 32.6 Å². The van der Waals surface area contributed by atoms with Gasteiger partial charge in [-0.3, -0.25) is 14.5 Å². The third-order valence-electron chi connectivity index (χ3n) is 3.94. The molecule has 0 aromatic heterocycles. The number of likely N-dealkylation sites (tertiary alicyclic amines) is 1. The largest absolute Gasteiger partial charge is 0.481 e. The van der Waals surface area contributed by atoms with Crippen molar-refractivity contribution in [3.8, 4) is 0 Å². The number of amides is 1. The van der Waals surface area contributed by atoms with Gasteiger partial charge in [-0.05, 0) is 24.5 Å². The van der Waals surface area contributed by atoms with Crippen LogP contribution in [0.1, 0.15) is 37.3 Å². The van der Waals surface area contributed by atoms with E-state index in [1.54, 1.807) is 13.8 Å². The second kappa shape index (κ2) is 6.72. The molecule has 114 valence electrons. The standard InChI is InChI=1S/C16H22N2O3/c1-11(16(20)21)14-5-3-13(4-6-14)9-18-8-7-15(10-18)17-12(2)19/h3-6,11,15H,7-10H2,1-2H3,(H,17,19)(H,20,21). The maximum Gasteiger partial charge on any atom is 0.310 e. The number of hydrogen-bond donors (Lipinski definition) is 2. The van der Waals surface area contributed by atoms with Gasteiger partial charge >= 0.3 is 5.97 Å². The highest BCUT2D eigenvalue weighted by Crippen LogP contribution is 2.18. The van der Waals surface area contributed by atoms with Crippen LogP contribution >= 0.6 is 0 Å². The average molecular weight is 290 g/mol. The normalized spacial score (nSPS) is 20.2. The summed E-state index contributed by atoms with van der Waals surface area (Å²) in [7, 11) is 0. The molecule has 0 saturated carbocycles. The molecule has 5 nitrogen and oxygen atoms in total. The Kier molecular flexibility index (Phi) is 4.96. The number of rotatable bonds is 5. The summed E-state index contributed by atoms with van der Waals surface area (Å²) in [6, 6.07) is 7.99. The van der Waals surface area contributed by atoms with E-state index < -0.39 is 11.9 Å². The number of carboxylic acids is 1. The van der Waals surface area contributed by atoms with Gasteiger partial charge in [0.15, 0.2) is 0 Å². The molecule has 1 saturated heterocycles. The summed E-state index contributed by atoms with van der Waals surface area (Å²) in [6.07, 6.45) is 0.980. The van der Waals surface area contributed by atoms with E-state index in [9.17, 15) is 9.59 Å². The van der Waals surface area contributed by atoms with Crippen LogP contribution in [0.25, 0.3) is 0 Å². The zero-order chi connectivity index (χ0) is 15.4. The van der Waals surface area contributed by atoms with E-state index >= 15 is 0 Å². The minimum atomic E-state index is -0.805. The molecule has 2 rings (SSSR count). The number of carboxylic acid groups (broad SMARTS) is 1. The predicted molar refractivity (Wildman–Crippen MR) is 80.0 cm³/mol. The summed E-state index contributed by atoms with van der Waals surface area (Å²) in [4.78, 5) is 24.3. The van der Waals surface area contributed by atoms with E-state index in [0.29, 0.717) is 0 Å². The van der Waals surface area contributed by atoms with E-state index in [1.165, 1.54) is 5.56 Å². The molecular weight excluding hydrogens is 268 g/mol. The Balaban J connectivity index is 1.89. The lowest BCUT2D eigenvalue weighted by atomic mass is 10.00. The second-order valence-electron chi connectivity index (χ2n) is 5.72. The SMILES string of the molecule is CC(=O)NC1CCN(Cc2ccc(C(C)C(=O)O)cc2)C1. The number of benzene rings is 1. The third-order valence-corrected chi connectivity index (χ3v) is 3.94. The summed E-state index contributed by atoms with van der Waals surface area (Å²) < 4.78 is 0. The van der Waals surface area contributed by atoms with Crippen LogP contribution in [-0.2, 0) is 16.1 Å². The first-order valence-electron chi connectivity index (χ1n) is 7.27. The van der Waals surface area contributed by atoms with E-state index in [1.807, 2.05) is 24.3 Å². The lowest BCUT2D eigenvalue weighted by Crippen LogP contribution is -2.35. The molecule has 0 bridgehead atoms. The lowest BCUT2D eigenvalue weighted by molar-refractivity contribution is -0.138. The van der Waals surface area contributed by atoms with Crippen LogP contribution in [0, 0.1) is 0 Å². The van der Waals surface area contributed by atoms with Gasteiger partial charge in [0.25, 0.3) is 0 Å². The molecule has 1 aromatic rings. The molecule has 21 heavy (non-hydrogen) atoms. The number of carbonyl (C=O) groups is 2. The van der Waals surface area contributed by atoms with Crippen LogP contribution < -0.4 is 5.32 Å². The van der Waals surface area contributed by atoms with Crippen molar-refractivity contribution in [3.05, 3.63) is 35.4 Å².